The summed E-state index contributed by atoms with van der Waals surface area (Å²) in [6.07, 6.45) is 6.63. The summed E-state index contributed by atoms with van der Waals surface area (Å²) in [7, 11) is 0. The Morgan fingerprint density at radius 3 is 2.87 bits per heavy atom. The maximum Gasteiger partial charge on any atom is 0.132 e. The average molecular weight is 209 g/mol. The molecule has 1 heterocycles. The summed E-state index contributed by atoms with van der Waals surface area (Å²) in [5, 5.41) is 3.64. The van der Waals surface area contributed by atoms with E-state index in [0.29, 0.717) is 5.78 Å². The third-order valence-corrected chi connectivity index (χ3v) is 4.42. The van der Waals surface area contributed by atoms with E-state index in [-0.39, 0.29) is 5.92 Å². The molecule has 2 aliphatic rings. The Morgan fingerprint density at radius 2 is 2.13 bits per heavy atom. The first kappa shape index (κ1) is 11.1. The summed E-state index contributed by atoms with van der Waals surface area (Å²) in [6.45, 7) is 4.96. The molecule has 1 N–H and O–H groups in total. The van der Waals surface area contributed by atoms with Crippen molar-refractivity contribution < 1.29 is 4.79 Å². The number of ketones is 1. The van der Waals surface area contributed by atoms with Gasteiger partial charge in [-0.05, 0) is 44.6 Å². The second-order valence-electron chi connectivity index (χ2n) is 5.47. The first-order valence-corrected chi connectivity index (χ1v) is 6.42. The molecule has 0 amide bonds. The lowest BCUT2D eigenvalue weighted by atomic mass is 9.76. The highest BCUT2D eigenvalue weighted by Crippen LogP contribution is 2.37. The summed E-state index contributed by atoms with van der Waals surface area (Å²) >= 11 is 0. The summed E-state index contributed by atoms with van der Waals surface area (Å²) in [6, 6.07) is 0.767. The van der Waals surface area contributed by atoms with Crippen LogP contribution in [0.25, 0.3) is 0 Å². The van der Waals surface area contributed by atoms with Crippen LogP contribution in [0.15, 0.2) is 0 Å². The highest BCUT2D eigenvalue weighted by Gasteiger charge is 2.37. The van der Waals surface area contributed by atoms with Gasteiger partial charge in [-0.25, -0.2) is 0 Å². The Balaban J connectivity index is 1.90. The molecule has 1 aliphatic carbocycles. The van der Waals surface area contributed by atoms with Gasteiger partial charge in [-0.2, -0.15) is 0 Å². The Bertz CT molecular complexity index is 239. The van der Waals surface area contributed by atoms with E-state index in [2.05, 4.69) is 12.2 Å². The molecule has 3 unspecified atom stereocenters. The predicted octanol–water partition coefficient (Wildman–Crippen LogP) is 2.38. The standard InChI is InChI=1S/C13H23NO/c1-9(10(2)15)7-11-8-14-13-6-4-3-5-12(11)13/h9,11-14H,3-8H2,1-2H3/t9-,11?,12?,13?/m0/s1. The Kier molecular flexibility index (Phi) is 3.45. The minimum Gasteiger partial charge on any atom is -0.313 e. The molecule has 2 heteroatoms. The van der Waals surface area contributed by atoms with Gasteiger partial charge in [0.05, 0.1) is 0 Å². The van der Waals surface area contributed by atoms with Crippen LogP contribution in [0.2, 0.25) is 0 Å². The molecule has 4 atom stereocenters. The van der Waals surface area contributed by atoms with E-state index in [9.17, 15) is 4.79 Å². The van der Waals surface area contributed by atoms with Crippen molar-refractivity contribution in [3.8, 4) is 0 Å². The van der Waals surface area contributed by atoms with Crippen LogP contribution in [0.1, 0.15) is 46.0 Å². The zero-order chi connectivity index (χ0) is 10.8. The first-order valence-electron chi connectivity index (χ1n) is 6.42. The molecule has 0 bridgehead atoms. The van der Waals surface area contributed by atoms with Gasteiger partial charge < -0.3 is 5.32 Å². The van der Waals surface area contributed by atoms with Crippen LogP contribution in [0, 0.1) is 17.8 Å². The van der Waals surface area contributed by atoms with Crippen molar-refractivity contribution in [3.63, 3.8) is 0 Å². The monoisotopic (exact) mass is 209 g/mol. The summed E-state index contributed by atoms with van der Waals surface area (Å²) in [5.41, 5.74) is 0. The fourth-order valence-electron chi connectivity index (χ4n) is 3.31. The van der Waals surface area contributed by atoms with Crippen molar-refractivity contribution in [2.75, 3.05) is 6.54 Å². The van der Waals surface area contributed by atoms with Crippen LogP contribution in [0.5, 0.6) is 0 Å². The van der Waals surface area contributed by atoms with Crippen LogP contribution >= 0.6 is 0 Å². The van der Waals surface area contributed by atoms with Crippen molar-refractivity contribution in [3.05, 3.63) is 0 Å². The van der Waals surface area contributed by atoms with Crippen LogP contribution < -0.4 is 5.32 Å². The van der Waals surface area contributed by atoms with Gasteiger partial charge in [0.15, 0.2) is 0 Å². The molecule has 2 nitrogen and oxygen atoms in total. The van der Waals surface area contributed by atoms with Gasteiger partial charge in [0.1, 0.15) is 5.78 Å². The number of carbonyl (C=O) groups excluding carboxylic acids is 1. The largest absolute Gasteiger partial charge is 0.313 e. The van der Waals surface area contributed by atoms with E-state index < -0.39 is 0 Å². The van der Waals surface area contributed by atoms with Crippen LogP contribution in [-0.2, 0) is 4.79 Å². The topological polar surface area (TPSA) is 29.1 Å². The lowest BCUT2D eigenvalue weighted by Crippen LogP contribution is -2.30. The van der Waals surface area contributed by atoms with E-state index in [4.69, 9.17) is 0 Å². The first-order chi connectivity index (χ1) is 7.18. The smallest absolute Gasteiger partial charge is 0.132 e. The fraction of sp³-hybridized carbons (Fsp3) is 0.923. The van der Waals surface area contributed by atoms with Gasteiger partial charge in [-0.1, -0.05) is 19.8 Å². The molecule has 0 aromatic heterocycles. The van der Waals surface area contributed by atoms with Crippen molar-refractivity contribution in [1.29, 1.82) is 0 Å². The predicted molar refractivity (Wildman–Crippen MR) is 61.7 cm³/mol. The Labute approximate surface area is 92.8 Å². The average Bonchev–Trinajstić information content (AvgIpc) is 2.62. The molecule has 0 spiro atoms. The second-order valence-corrected chi connectivity index (χ2v) is 5.47. The third kappa shape index (κ3) is 2.41. The van der Waals surface area contributed by atoms with Crippen LogP contribution in [0.3, 0.4) is 0 Å². The summed E-state index contributed by atoms with van der Waals surface area (Å²) < 4.78 is 0. The molecule has 0 aromatic carbocycles. The molecule has 86 valence electrons. The number of fused-ring (bicyclic) bond motifs is 1. The normalized spacial score (nSPS) is 37.3. The van der Waals surface area contributed by atoms with E-state index in [1.165, 1.54) is 25.7 Å². The number of hydrogen-bond acceptors (Lipinski definition) is 2. The van der Waals surface area contributed by atoms with E-state index in [1.807, 2.05) is 0 Å². The van der Waals surface area contributed by atoms with Gasteiger partial charge in [0, 0.05) is 12.0 Å². The number of nitrogens with one attached hydrogen (secondary N) is 1. The van der Waals surface area contributed by atoms with Gasteiger partial charge in [-0.15, -0.1) is 0 Å². The summed E-state index contributed by atoms with van der Waals surface area (Å²) in [4.78, 5) is 11.3. The second kappa shape index (κ2) is 4.65. The van der Waals surface area contributed by atoms with Crippen molar-refractivity contribution in [1.82, 2.24) is 5.32 Å². The molecule has 1 saturated carbocycles. The highest BCUT2D eigenvalue weighted by atomic mass is 16.1. The molecular weight excluding hydrogens is 186 g/mol. The van der Waals surface area contributed by atoms with Crippen molar-refractivity contribution >= 4 is 5.78 Å². The minimum absolute atomic E-state index is 0.262. The van der Waals surface area contributed by atoms with E-state index in [1.54, 1.807) is 6.92 Å². The molecule has 2 fully saturated rings. The van der Waals surface area contributed by atoms with Crippen LogP contribution in [0.4, 0.5) is 0 Å². The van der Waals surface area contributed by atoms with Crippen molar-refractivity contribution in [2.24, 2.45) is 17.8 Å². The summed E-state index contributed by atoms with van der Waals surface area (Å²) in [5.74, 6) is 2.24. The van der Waals surface area contributed by atoms with Gasteiger partial charge in [0.25, 0.3) is 0 Å². The number of Topliss-reactive ketones (excluding diaryl/α,β-unsaturated/α-hetero) is 1. The molecule has 2 rings (SSSR count). The van der Waals surface area contributed by atoms with Gasteiger partial charge in [0.2, 0.25) is 0 Å². The molecule has 1 saturated heterocycles. The molecular formula is C13H23NO. The minimum atomic E-state index is 0.262. The maximum absolute atomic E-state index is 11.3. The van der Waals surface area contributed by atoms with E-state index in [0.717, 1.165) is 30.8 Å². The van der Waals surface area contributed by atoms with Crippen molar-refractivity contribution in [2.45, 2.75) is 52.0 Å². The molecule has 0 aromatic rings. The third-order valence-electron chi connectivity index (χ3n) is 4.42. The fourth-order valence-corrected chi connectivity index (χ4v) is 3.31. The zero-order valence-corrected chi connectivity index (χ0v) is 9.96. The highest BCUT2D eigenvalue weighted by molar-refractivity contribution is 5.77. The van der Waals surface area contributed by atoms with Gasteiger partial charge >= 0.3 is 0 Å². The van der Waals surface area contributed by atoms with E-state index >= 15 is 0 Å². The Hall–Kier alpha value is -0.370. The SMILES string of the molecule is CC(=O)[C@@H](C)CC1CNC2CCCCC12. The number of rotatable bonds is 3. The number of hydrogen-bond donors (Lipinski definition) is 1. The van der Waals surface area contributed by atoms with Gasteiger partial charge in [-0.3, -0.25) is 4.79 Å². The van der Waals surface area contributed by atoms with Crippen LogP contribution in [-0.4, -0.2) is 18.4 Å². The molecule has 0 radical (unpaired) electrons. The maximum atomic E-state index is 11.3. The number of carbonyl (C=O) groups is 1. The lowest BCUT2D eigenvalue weighted by Gasteiger charge is -2.29. The lowest BCUT2D eigenvalue weighted by molar-refractivity contribution is -0.120. The quantitative estimate of drug-likeness (QED) is 0.773. The zero-order valence-electron chi connectivity index (χ0n) is 9.96. The molecule has 1 aliphatic heterocycles. The Morgan fingerprint density at radius 1 is 1.40 bits per heavy atom. The molecule has 15 heavy (non-hydrogen) atoms.